The van der Waals surface area contributed by atoms with Gasteiger partial charge in [-0.2, -0.15) is 13.2 Å². The molecule has 1 fully saturated rings. The van der Waals surface area contributed by atoms with Crippen LogP contribution in [-0.2, 0) is 10.2 Å². The average Bonchev–Trinajstić information content (AvgIpc) is 3.15. The van der Waals surface area contributed by atoms with Crippen molar-refractivity contribution in [3.63, 3.8) is 0 Å². The number of halogens is 3. The summed E-state index contributed by atoms with van der Waals surface area (Å²) < 4.78 is 46.5. The summed E-state index contributed by atoms with van der Waals surface area (Å²) in [6.07, 6.45) is -5.61. The third-order valence-electron chi connectivity index (χ3n) is 4.41. The zero-order valence-electron chi connectivity index (χ0n) is 13.9. The first-order valence-corrected chi connectivity index (χ1v) is 7.67. The van der Waals surface area contributed by atoms with Gasteiger partial charge < -0.3 is 15.2 Å². The summed E-state index contributed by atoms with van der Waals surface area (Å²) in [4.78, 5) is 11.8. The van der Waals surface area contributed by atoms with Crippen molar-refractivity contribution < 1.29 is 27.8 Å². The van der Waals surface area contributed by atoms with Crippen LogP contribution in [-0.4, -0.2) is 36.1 Å². The highest BCUT2D eigenvalue weighted by atomic mass is 19.4. The van der Waals surface area contributed by atoms with E-state index in [0.717, 1.165) is 0 Å². The first kappa shape index (κ1) is 18.6. The van der Waals surface area contributed by atoms with Gasteiger partial charge in [0.25, 0.3) is 0 Å². The number of alkyl carbamates (subject to hydrolysis) is 1. The van der Waals surface area contributed by atoms with Gasteiger partial charge in [-0.25, -0.2) is 4.79 Å². The number of ether oxygens (including phenoxy) is 1. The molecule has 0 aliphatic heterocycles. The number of carbonyl (C=O) groups is 1. The van der Waals surface area contributed by atoms with Gasteiger partial charge in [0.05, 0.1) is 6.61 Å². The van der Waals surface area contributed by atoms with Gasteiger partial charge in [-0.05, 0) is 32.8 Å². The number of hydrogen-bond donors (Lipinski definition) is 2. The van der Waals surface area contributed by atoms with Crippen molar-refractivity contribution in [2.24, 2.45) is 5.41 Å². The number of carbonyl (C=O) groups excluding carboxylic acids is 1. The van der Waals surface area contributed by atoms with Crippen LogP contribution in [0.15, 0.2) is 30.3 Å². The molecule has 0 bridgehead atoms. The van der Waals surface area contributed by atoms with E-state index < -0.39 is 35.3 Å². The third-order valence-corrected chi connectivity index (χ3v) is 4.41. The van der Waals surface area contributed by atoms with E-state index in [4.69, 9.17) is 4.74 Å². The maximum atomic E-state index is 13.8. The van der Waals surface area contributed by atoms with Crippen LogP contribution in [0, 0.1) is 5.41 Å². The Hall–Kier alpha value is -1.76. The second kappa shape index (κ2) is 5.95. The van der Waals surface area contributed by atoms with Gasteiger partial charge in [0.2, 0.25) is 0 Å². The van der Waals surface area contributed by atoms with Gasteiger partial charge in [-0.1, -0.05) is 30.3 Å². The zero-order valence-corrected chi connectivity index (χ0v) is 13.9. The largest absolute Gasteiger partial charge is 0.444 e. The molecule has 0 spiro atoms. The summed E-state index contributed by atoms with van der Waals surface area (Å²) in [5.74, 6) is 0. The maximum Gasteiger partial charge on any atom is 0.407 e. The fourth-order valence-corrected chi connectivity index (χ4v) is 3.17. The number of alkyl halides is 3. The van der Waals surface area contributed by atoms with Crippen LogP contribution in [0.25, 0.3) is 0 Å². The molecule has 7 heteroatoms. The summed E-state index contributed by atoms with van der Waals surface area (Å²) in [5.41, 5.74) is -4.30. The maximum absolute atomic E-state index is 13.8. The number of aliphatic hydroxyl groups is 1. The quantitative estimate of drug-likeness (QED) is 0.879. The molecule has 1 aliphatic carbocycles. The molecule has 0 saturated heterocycles. The van der Waals surface area contributed by atoms with Crippen LogP contribution < -0.4 is 5.32 Å². The van der Waals surface area contributed by atoms with E-state index in [9.17, 15) is 23.1 Å². The van der Waals surface area contributed by atoms with E-state index in [1.807, 2.05) is 0 Å². The summed E-state index contributed by atoms with van der Waals surface area (Å²) in [7, 11) is 0. The molecule has 2 atom stereocenters. The fraction of sp³-hybridized carbons (Fsp3) is 0.588. The Morgan fingerprint density at radius 2 is 1.83 bits per heavy atom. The van der Waals surface area contributed by atoms with E-state index in [1.165, 1.54) is 24.3 Å². The highest BCUT2D eigenvalue weighted by Crippen LogP contribution is 2.71. The monoisotopic (exact) mass is 345 g/mol. The molecule has 2 rings (SSSR count). The van der Waals surface area contributed by atoms with E-state index in [-0.39, 0.29) is 18.5 Å². The van der Waals surface area contributed by atoms with Crippen LogP contribution in [0.1, 0.15) is 32.8 Å². The van der Waals surface area contributed by atoms with Crippen LogP contribution in [0.2, 0.25) is 0 Å². The van der Waals surface area contributed by atoms with Gasteiger partial charge in [0.1, 0.15) is 11.0 Å². The van der Waals surface area contributed by atoms with E-state index in [0.29, 0.717) is 0 Å². The molecule has 0 aromatic heterocycles. The first-order valence-electron chi connectivity index (χ1n) is 7.67. The molecule has 1 amide bonds. The SMILES string of the molecule is CC(C)(C)OC(=O)NC[C@@]1(CO)C[C@]1(c1ccccc1)C(F)(F)F. The van der Waals surface area contributed by atoms with Gasteiger partial charge in [0, 0.05) is 12.0 Å². The standard InChI is InChI=1S/C17H22F3NO3/c1-14(2,3)24-13(23)21-10-15(11-22)9-16(15,17(18,19)20)12-7-5-4-6-8-12/h4-8,22H,9-11H2,1-3H3,(H,21,23)/t15-,16-/m1/s1. The molecule has 0 heterocycles. The molecule has 0 radical (unpaired) electrons. The third kappa shape index (κ3) is 3.22. The Balaban J connectivity index is 2.22. The van der Waals surface area contributed by atoms with Gasteiger partial charge >= 0.3 is 12.3 Å². The van der Waals surface area contributed by atoms with Crippen molar-refractivity contribution >= 4 is 6.09 Å². The number of amides is 1. The summed E-state index contributed by atoms with van der Waals surface area (Å²) in [6, 6.07) is 7.50. The predicted octanol–water partition coefficient (Wildman–Crippen LogP) is 3.39. The van der Waals surface area contributed by atoms with Crippen LogP contribution in [0.5, 0.6) is 0 Å². The Morgan fingerprint density at radius 3 is 2.29 bits per heavy atom. The first-order chi connectivity index (χ1) is 11.0. The van der Waals surface area contributed by atoms with Crippen molar-refractivity contribution in [2.75, 3.05) is 13.2 Å². The Labute approximate surface area is 139 Å². The van der Waals surface area contributed by atoms with Gasteiger partial charge in [-0.15, -0.1) is 0 Å². The molecule has 4 nitrogen and oxygen atoms in total. The lowest BCUT2D eigenvalue weighted by Crippen LogP contribution is -2.43. The Bertz CT molecular complexity index is 597. The van der Waals surface area contributed by atoms with Crippen molar-refractivity contribution in [1.82, 2.24) is 5.32 Å². The molecule has 0 unspecified atom stereocenters. The fourth-order valence-electron chi connectivity index (χ4n) is 3.17. The lowest BCUT2D eigenvalue weighted by molar-refractivity contribution is -0.172. The highest BCUT2D eigenvalue weighted by Gasteiger charge is 2.80. The van der Waals surface area contributed by atoms with Crippen molar-refractivity contribution in [3.8, 4) is 0 Å². The van der Waals surface area contributed by atoms with E-state index in [2.05, 4.69) is 5.32 Å². The number of aliphatic hydroxyl groups excluding tert-OH is 1. The van der Waals surface area contributed by atoms with Crippen molar-refractivity contribution in [1.29, 1.82) is 0 Å². The minimum atomic E-state index is -4.54. The minimum Gasteiger partial charge on any atom is -0.444 e. The summed E-state index contributed by atoms with van der Waals surface area (Å²) in [6.45, 7) is 3.99. The van der Waals surface area contributed by atoms with Gasteiger partial charge in [0.15, 0.2) is 0 Å². The molecule has 1 aromatic rings. The molecular formula is C17H22F3NO3. The number of rotatable bonds is 4. The smallest absolute Gasteiger partial charge is 0.407 e. The lowest BCUT2D eigenvalue weighted by atomic mass is 9.85. The highest BCUT2D eigenvalue weighted by molar-refractivity contribution is 5.68. The van der Waals surface area contributed by atoms with Crippen LogP contribution in [0.3, 0.4) is 0 Å². The number of nitrogens with one attached hydrogen (secondary N) is 1. The molecular weight excluding hydrogens is 323 g/mol. The lowest BCUT2D eigenvalue weighted by Gasteiger charge is -2.28. The van der Waals surface area contributed by atoms with Crippen LogP contribution in [0.4, 0.5) is 18.0 Å². The Kier molecular flexibility index (Phi) is 4.61. The molecule has 2 N–H and O–H groups in total. The second-order valence-electron chi connectivity index (χ2n) is 7.24. The van der Waals surface area contributed by atoms with Crippen molar-refractivity contribution in [3.05, 3.63) is 35.9 Å². The normalized spacial score (nSPS) is 26.8. The molecule has 1 saturated carbocycles. The summed E-state index contributed by atoms with van der Waals surface area (Å²) >= 11 is 0. The molecule has 134 valence electrons. The number of benzene rings is 1. The average molecular weight is 345 g/mol. The topological polar surface area (TPSA) is 58.6 Å². The van der Waals surface area contributed by atoms with Crippen LogP contribution >= 0.6 is 0 Å². The number of hydrogen-bond acceptors (Lipinski definition) is 3. The molecule has 1 aliphatic rings. The predicted molar refractivity (Wildman–Crippen MR) is 82.5 cm³/mol. The molecule has 1 aromatic carbocycles. The van der Waals surface area contributed by atoms with E-state index >= 15 is 0 Å². The Morgan fingerprint density at radius 1 is 1.25 bits per heavy atom. The van der Waals surface area contributed by atoms with Gasteiger partial charge in [-0.3, -0.25) is 0 Å². The molecule has 24 heavy (non-hydrogen) atoms. The van der Waals surface area contributed by atoms with E-state index in [1.54, 1.807) is 26.8 Å². The zero-order chi connectivity index (χ0) is 18.2. The second-order valence-corrected chi connectivity index (χ2v) is 7.24. The summed E-state index contributed by atoms with van der Waals surface area (Å²) in [5, 5.41) is 12.0. The minimum absolute atomic E-state index is 0.0949. The van der Waals surface area contributed by atoms with Crippen molar-refractivity contribution in [2.45, 2.75) is 44.4 Å².